The Hall–Kier alpha value is -0.0800. The summed E-state index contributed by atoms with van der Waals surface area (Å²) in [5.74, 6) is 0. The summed E-state index contributed by atoms with van der Waals surface area (Å²) in [5.41, 5.74) is 0. The van der Waals surface area contributed by atoms with Crippen molar-refractivity contribution < 1.29 is 4.74 Å². The first-order valence-electron chi connectivity index (χ1n) is 3.26. The number of hydrogen-bond acceptors (Lipinski definition) is 2. The summed E-state index contributed by atoms with van der Waals surface area (Å²) in [7, 11) is 0. The third kappa shape index (κ3) is 2.28. The van der Waals surface area contributed by atoms with E-state index in [1.807, 2.05) is 0 Å². The number of hydrogen-bond donors (Lipinski definition) is 1. The second kappa shape index (κ2) is 3.05. The molecule has 0 atom stereocenters. The van der Waals surface area contributed by atoms with Crippen molar-refractivity contribution in [2.75, 3.05) is 13.3 Å². The zero-order valence-corrected chi connectivity index (χ0v) is 5.31. The highest BCUT2D eigenvalue weighted by atomic mass is 16.5. The fourth-order valence-corrected chi connectivity index (χ4v) is 0.514. The van der Waals surface area contributed by atoms with E-state index in [-0.39, 0.29) is 0 Å². The van der Waals surface area contributed by atoms with E-state index < -0.39 is 0 Å². The van der Waals surface area contributed by atoms with Crippen molar-refractivity contribution in [1.29, 1.82) is 0 Å². The third-order valence-electron chi connectivity index (χ3n) is 1.20. The van der Waals surface area contributed by atoms with Crippen LogP contribution in [-0.4, -0.2) is 19.4 Å². The molecule has 0 aliphatic heterocycles. The Balaban J connectivity index is 1.74. The maximum atomic E-state index is 5.28. The molecule has 1 N–H and O–H groups in total. The quantitative estimate of drug-likeness (QED) is 0.431. The van der Waals surface area contributed by atoms with E-state index in [2.05, 4.69) is 12.2 Å². The average molecular weight is 115 g/mol. The summed E-state index contributed by atoms with van der Waals surface area (Å²) in [6.07, 6.45) is 3.13. The Kier molecular flexibility index (Phi) is 2.30. The number of rotatable bonds is 4. The molecule has 0 aromatic carbocycles. The van der Waals surface area contributed by atoms with E-state index >= 15 is 0 Å². The van der Waals surface area contributed by atoms with Crippen LogP contribution in [0.15, 0.2) is 0 Å². The molecule has 1 aliphatic rings. The van der Waals surface area contributed by atoms with Gasteiger partial charge < -0.3 is 4.74 Å². The van der Waals surface area contributed by atoms with Crippen LogP contribution in [0, 0.1) is 0 Å². The maximum Gasteiger partial charge on any atom is 0.0968 e. The molecular weight excluding hydrogens is 102 g/mol. The Morgan fingerprint density at radius 1 is 1.62 bits per heavy atom. The Bertz CT molecular complexity index is 61.5. The van der Waals surface area contributed by atoms with Crippen LogP contribution in [0.4, 0.5) is 0 Å². The summed E-state index contributed by atoms with van der Waals surface area (Å²) >= 11 is 0. The van der Waals surface area contributed by atoms with Gasteiger partial charge in [-0.2, -0.15) is 0 Å². The second-order valence-corrected chi connectivity index (χ2v) is 2.11. The van der Waals surface area contributed by atoms with Gasteiger partial charge in [-0.15, -0.1) is 0 Å². The molecule has 0 bridgehead atoms. The van der Waals surface area contributed by atoms with Crippen LogP contribution in [-0.2, 0) is 4.74 Å². The monoisotopic (exact) mass is 115 g/mol. The van der Waals surface area contributed by atoms with Gasteiger partial charge in [0.05, 0.1) is 12.8 Å². The molecule has 1 fully saturated rings. The average Bonchev–Trinajstić information content (AvgIpc) is 2.51. The van der Waals surface area contributed by atoms with Crippen LogP contribution in [0.25, 0.3) is 0 Å². The summed E-state index contributed by atoms with van der Waals surface area (Å²) in [6, 6.07) is 0. The molecule has 1 rings (SSSR count). The third-order valence-corrected chi connectivity index (χ3v) is 1.20. The smallest absolute Gasteiger partial charge is 0.0968 e. The molecular formula is C6H13NO. The zero-order chi connectivity index (χ0) is 5.82. The zero-order valence-electron chi connectivity index (χ0n) is 5.31. The largest absolute Gasteiger partial charge is 0.363 e. The highest BCUT2D eigenvalue weighted by Gasteiger charge is 2.21. The lowest BCUT2D eigenvalue weighted by atomic mass is 10.7. The van der Waals surface area contributed by atoms with Crippen molar-refractivity contribution in [1.82, 2.24) is 5.32 Å². The van der Waals surface area contributed by atoms with Gasteiger partial charge in [0, 0.05) is 0 Å². The van der Waals surface area contributed by atoms with Crippen molar-refractivity contribution in [3.05, 3.63) is 0 Å². The van der Waals surface area contributed by atoms with E-state index in [0.29, 0.717) is 6.10 Å². The van der Waals surface area contributed by atoms with Gasteiger partial charge in [-0.1, -0.05) is 6.92 Å². The van der Waals surface area contributed by atoms with Crippen LogP contribution >= 0.6 is 0 Å². The van der Waals surface area contributed by atoms with E-state index in [1.54, 1.807) is 0 Å². The fraction of sp³-hybridized carbons (Fsp3) is 1.00. The van der Waals surface area contributed by atoms with Crippen molar-refractivity contribution in [3.63, 3.8) is 0 Å². The summed E-state index contributed by atoms with van der Waals surface area (Å²) in [6.45, 7) is 3.82. The van der Waals surface area contributed by atoms with Gasteiger partial charge in [0.2, 0.25) is 0 Å². The van der Waals surface area contributed by atoms with Gasteiger partial charge in [-0.3, -0.25) is 5.32 Å². The molecule has 0 amide bonds. The minimum Gasteiger partial charge on any atom is -0.363 e. The molecule has 2 nitrogen and oxygen atoms in total. The summed E-state index contributed by atoms with van der Waals surface area (Å²) in [4.78, 5) is 0. The molecule has 48 valence electrons. The fourth-order valence-electron chi connectivity index (χ4n) is 0.514. The van der Waals surface area contributed by atoms with Gasteiger partial charge in [0.25, 0.3) is 0 Å². The Morgan fingerprint density at radius 2 is 2.38 bits per heavy atom. The predicted molar refractivity (Wildman–Crippen MR) is 32.7 cm³/mol. The number of ether oxygens (including phenoxy) is 1. The van der Waals surface area contributed by atoms with Gasteiger partial charge in [0.1, 0.15) is 0 Å². The topological polar surface area (TPSA) is 21.3 Å². The Labute approximate surface area is 50.2 Å². The SMILES string of the molecule is CCNCOC1CC1. The first kappa shape index (κ1) is 6.05. The second-order valence-electron chi connectivity index (χ2n) is 2.11. The van der Waals surface area contributed by atoms with E-state index in [4.69, 9.17) is 4.74 Å². The van der Waals surface area contributed by atoms with Crippen LogP contribution in [0.1, 0.15) is 19.8 Å². The molecule has 0 radical (unpaired) electrons. The van der Waals surface area contributed by atoms with Crippen LogP contribution < -0.4 is 5.32 Å². The van der Waals surface area contributed by atoms with Gasteiger partial charge in [-0.25, -0.2) is 0 Å². The normalized spacial score (nSPS) is 19.1. The highest BCUT2D eigenvalue weighted by Crippen LogP contribution is 2.22. The molecule has 0 unspecified atom stereocenters. The van der Waals surface area contributed by atoms with Gasteiger partial charge >= 0.3 is 0 Å². The lowest BCUT2D eigenvalue weighted by Gasteiger charge is -1.99. The maximum absolute atomic E-state index is 5.28. The first-order chi connectivity index (χ1) is 3.93. The van der Waals surface area contributed by atoms with Crippen molar-refractivity contribution in [2.45, 2.75) is 25.9 Å². The van der Waals surface area contributed by atoms with Crippen molar-refractivity contribution in [3.8, 4) is 0 Å². The molecule has 0 spiro atoms. The van der Waals surface area contributed by atoms with Crippen molar-refractivity contribution in [2.24, 2.45) is 0 Å². The molecule has 1 aliphatic carbocycles. The molecule has 1 saturated carbocycles. The molecule has 8 heavy (non-hydrogen) atoms. The van der Waals surface area contributed by atoms with E-state index in [0.717, 1.165) is 13.3 Å². The van der Waals surface area contributed by atoms with Crippen LogP contribution in [0.3, 0.4) is 0 Å². The molecule has 0 aromatic rings. The van der Waals surface area contributed by atoms with Gasteiger partial charge in [0.15, 0.2) is 0 Å². The minimum atomic E-state index is 0.592. The van der Waals surface area contributed by atoms with Crippen LogP contribution in [0.2, 0.25) is 0 Å². The lowest BCUT2D eigenvalue weighted by Crippen LogP contribution is -2.17. The lowest BCUT2D eigenvalue weighted by molar-refractivity contribution is 0.104. The summed E-state index contributed by atoms with van der Waals surface area (Å²) in [5, 5.41) is 3.10. The summed E-state index contributed by atoms with van der Waals surface area (Å²) < 4.78 is 5.28. The molecule has 0 aromatic heterocycles. The molecule has 0 heterocycles. The Morgan fingerprint density at radius 3 is 2.88 bits per heavy atom. The van der Waals surface area contributed by atoms with E-state index in [1.165, 1.54) is 12.8 Å². The van der Waals surface area contributed by atoms with Crippen molar-refractivity contribution >= 4 is 0 Å². The van der Waals surface area contributed by atoms with Gasteiger partial charge in [-0.05, 0) is 19.4 Å². The number of nitrogens with one attached hydrogen (secondary N) is 1. The highest BCUT2D eigenvalue weighted by molar-refractivity contribution is 4.72. The first-order valence-corrected chi connectivity index (χ1v) is 3.26. The predicted octanol–water partition coefficient (Wildman–Crippen LogP) is 0.732. The molecule has 2 heteroatoms. The van der Waals surface area contributed by atoms with E-state index in [9.17, 15) is 0 Å². The van der Waals surface area contributed by atoms with Crippen LogP contribution in [0.5, 0.6) is 0 Å². The molecule has 0 saturated heterocycles. The minimum absolute atomic E-state index is 0.592. The standard InChI is InChI=1S/C6H13NO/c1-2-7-5-8-6-3-4-6/h6-7H,2-5H2,1H3.